The van der Waals surface area contributed by atoms with Gasteiger partial charge in [-0.25, -0.2) is 13.8 Å². The second-order valence-electron chi connectivity index (χ2n) is 5.11. The monoisotopic (exact) mass is 348 g/mol. The van der Waals surface area contributed by atoms with E-state index in [1.807, 2.05) is 0 Å². The summed E-state index contributed by atoms with van der Waals surface area (Å²) in [6.45, 7) is 0.0523. The zero-order valence-electron chi connectivity index (χ0n) is 12.1. The number of amides is 1. The summed E-state index contributed by atoms with van der Waals surface area (Å²) in [6.07, 6.45) is -0.853. The van der Waals surface area contributed by atoms with Gasteiger partial charge in [0.25, 0.3) is 5.91 Å². The highest BCUT2D eigenvalue weighted by Gasteiger charge is 2.28. The average molecular weight is 348 g/mol. The van der Waals surface area contributed by atoms with E-state index >= 15 is 0 Å². The average Bonchev–Trinajstić information content (AvgIpc) is 2.97. The van der Waals surface area contributed by atoms with Gasteiger partial charge in [-0.1, -0.05) is 23.5 Å². The first-order valence-electron chi connectivity index (χ1n) is 7.05. The van der Waals surface area contributed by atoms with E-state index in [0.717, 1.165) is 17.4 Å². The third kappa shape index (κ3) is 2.65. The van der Waals surface area contributed by atoms with Crippen molar-refractivity contribution in [1.29, 1.82) is 0 Å². The number of anilines is 1. The summed E-state index contributed by atoms with van der Waals surface area (Å²) in [5.74, 6) is -0.889. The van der Waals surface area contributed by atoms with E-state index in [1.165, 1.54) is 6.07 Å². The van der Waals surface area contributed by atoms with Crippen molar-refractivity contribution in [3.8, 4) is 11.5 Å². The van der Waals surface area contributed by atoms with Gasteiger partial charge in [0.05, 0.1) is 4.70 Å². The summed E-state index contributed by atoms with van der Waals surface area (Å²) in [7, 11) is 0. The summed E-state index contributed by atoms with van der Waals surface area (Å²) in [4.78, 5) is 16.3. The van der Waals surface area contributed by atoms with Crippen molar-refractivity contribution in [1.82, 2.24) is 4.98 Å². The number of carbonyl (C=O) groups is 1. The van der Waals surface area contributed by atoms with Crippen molar-refractivity contribution in [3.05, 3.63) is 48.0 Å². The van der Waals surface area contributed by atoms with Crippen molar-refractivity contribution in [3.63, 3.8) is 0 Å². The third-order valence-electron chi connectivity index (χ3n) is 3.44. The smallest absolute Gasteiger partial charge is 0.270 e. The number of thiazole rings is 1. The van der Waals surface area contributed by atoms with E-state index in [2.05, 4.69) is 10.3 Å². The maximum Gasteiger partial charge on any atom is 0.270 e. The Balaban J connectivity index is 1.54. The van der Waals surface area contributed by atoms with Crippen LogP contribution in [0.4, 0.5) is 13.9 Å². The Bertz CT molecular complexity index is 944. The Labute approximate surface area is 138 Å². The highest BCUT2D eigenvalue weighted by atomic mass is 32.1. The van der Waals surface area contributed by atoms with E-state index in [1.54, 1.807) is 24.3 Å². The maximum atomic E-state index is 13.7. The molecular weight excluding hydrogens is 338 g/mol. The molecule has 1 aromatic heterocycles. The van der Waals surface area contributed by atoms with Crippen molar-refractivity contribution in [2.75, 3.05) is 11.9 Å². The van der Waals surface area contributed by atoms with E-state index in [9.17, 15) is 13.6 Å². The summed E-state index contributed by atoms with van der Waals surface area (Å²) in [5, 5.41) is 2.72. The van der Waals surface area contributed by atoms with Crippen molar-refractivity contribution in [2.24, 2.45) is 0 Å². The molecule has 1 aliphatic rings. The van der Waals surface area contributed by atoms with Crippen LogP contribution in [0.3, 0.4) is 0 Å². The second-order valence-corrected chi connectivity index (χ2v) is 6.14. The topological polar surface area (TPSA) is 60.5 Å². The molecule has 122 valence electrons. The molecule has 1 atom stereocenters. The predicted octanol–water partition coefficient (Wildman–Crippen LogP) is 3.35. The number of rotatable bonds is 2. The molecule has 0 bridgehead atoms. The van der Waals surface area contributed by atoms with Gasteiger partial charge in [0, 0.05) is 6.07 Å². The van der Waals surface area contributed by atoms with Crippen LogP contribution < -0.4 is 14.8 Å². The first-order chi connectivity index (χ1) is 11.6. The van der Waals surface area contributed by atoms with Crippen molar-refractivity contribution >= 4 is 32.6 Å². The molecule has 1 amide bonds. The van der Waals surface area contributed by atoms with Gasteiger partial charge in [-0.15, -0.1) is 0 Å². The maximum absolute atomic E-state index is 13.7. The Morgan fingerprint density at radius 2 is 2.04 bits per heavy atom. The molecule has 5 nitrogen and oxygen atoms in total. The molecule has 2 aromatic carbocycles. The standard InChI is InChI=1S/C16H10F2N2O3S/c17-8-5-9(18)14-13(6-8)24-16(19-14)20-15(21)12-7-22-10-3-1-2-4-11(10)23-12/h1-6,12H,7H2,(H,19,20,21)/t12-/m0/s1. The van der Waals surface area contributed by atoms with Crippen LogP contribution in [-0.4, -0.2) is 23.6 Å². The Kier molecular flexibility index (Phi) is 3.53. The summed E-state index contributed by atoms with van der Waals surface area (Å²) in [5.41, 5.74) is 0.0165. The Hall–Kier alpha value is -2.74. The van der Waals surface area contributed by atoms with Crippen molar-refractivity contribution < 1.29 is 23.0 Å². The highest BCUT2D eigenvalue weighted by Crippen LogP contribution is 2.32. The van der Waals surface area contributed by atoms with Gasteiger partial charge in [-0.2, -0.15) is 0 Å². The van der Waals surface area contributed by atoms with Crippen LogP contribution in [0.15, 0.2) is 36.4 Å². The van der Waals surface area contributed by atoms with Gasteiger partial charge in [-0.05, 0) is 18.2 Å². The van der Waals surface area contributed by atoms with Crippen LogP contribution in [0.2, 0.25) is 0 Å². The summed E-state index contributed by atoms with van der Waals surface area (Å²) in [6, 6.07) is 8.94. The lowest BCUT2D eigenvalue weighted by Gasteiger charge is -2.25. The Morgan fingerprint density at radius 3 is 2.88 bits per heavy atom. The molecule has 0 saturated heterocycles. The lowest BCUT2D eigenvalue weighted by molar-refractivity contribution is -0.125. The minimum Gasteiger partial charge on any atom is -0.485 e. The highest BCUT2D eigenvalue weighted by molar-refractivity contribution is 7.22. The molecule has 0 radical (unpaired) electrons. The summed E-state index contributed by atoms with van der Waals surface area (Å²) >= 11 is 0.984. The third-order valence-corrected chi connectivity index (χ3v) is 4.36. The zero-order chi connectivity index (χ0) is 16.7. The number of para-hydroxylation sites is 2. The predicted molar refractivity (Wildman–Crippen MR) is 84.5 cm³/mol. The molecule has 0 spiro atoms. The molecule has 0 fully saturated rings. The molecular formula is C16H10F2N2O3S. The fourth-order valence-corrected chi connectivity index (χ4v) is 3.25. The van der Waals surface area contributed by atoms with E-state index in [0.29, 0.717) is 16.2 Å². The number of aromatic nitrogens is 1. The largest absolute Gasteiger partial charge is 0.485 e. The molecule has 1 aliphatic heterocycles. The molecule has 24 heavy (non-hydrogen) atoms. The molecule has 1 N–H and O–H groups in total. The number of hydrogen-bond acceptors (Lipinski definition) is 5. The SMILES string of the molecule is O=C(Nc1nc2c(F)cc(F)cc2s1)[C@@H]1COc2ccccc2O1. The quantitative estimate of drug-likeness (QED) is 0.772. The lowest BCUT2D eigenvalue weighted by atomic mass is 10.2. The normalized spacial score (nSPS) is 16.2. The lowest BCUT2D eigenvalue weighted by Crippen LogP contribution is -2.40. The zero-order valence-corrected chi connectivity index (χ0v) is 12.9. The van der Waals surface area contributed by atoms with Gasteiger partial charge >= 0.3 is 0 Å². The second kappa shape index (κ2) is 5.72. The van der Waals surface area contributed by atoms with Crippen molar-refractivity contribution in [2.45, 2.75) is 6.10 Å². The fourth-order valence-electron chi connectivity index (χ4n) is 2.35. The number of carbonyl (C=O) groups excluding carboxylic acids is 1. The number of hydrogen-bond donors (Lipinski definition) is 1. The minimum atomic E-state index is -0.853. The number of halogens is 2. The number of nitrogens with zero attached hydrogens (tertiary/aromatic N) is 1. The van der Waals surface area contributed by atoms with E-state index in [4.69, 9.17) is 9.47 Å². The van der Waals surface area contributed by atoms with Gasteiger partial charge in [0.1, 0.15) is 17.9 Å². The minimum absolute atomic E-state index is 0.0165. The van der Waals surface area contributed by atoms with Gasteiger partial charge < -0.3 is 9.47 Å². The van der Waals surface area contributed by atoms with Gasteiger partial charge in [-0.3, -0.25) is 10.1 Å². The molecule has 0 aliphatic carbocycles. The van der Waals surface area contributed by atoms with Crippen LogP contribution in [0.1, 0.15) is 0 Å². The first-order valence-corrected chi connectivity index (χ1v) is 7.87. The number of nitrogens with one attached hydrogen (secondary N) is 1. The van der Waals surface area contributed by atoms with Gasteiger partial charge in [0.2, 0.25) is 6.10 Å². The Morgan fingerprint density at radius 1 is 1.25 bits per heavy atom. The number of ether oxygens (including phenoxy) is 2. The first kappa shape index (κ1) is 14.8. The molecule has 3 aromatic rings. The number of benzene rings is 2. The molecule has 8 heteroatoms. The molecule has 0 unspecified atom stereocenters. The van der Waals surface area contributed by atoms with Crippen LogP contribution in [0.25, 0.3) is 10.2 Å². The van der Waals surface area contributed by atoms with E-state index in [-0.39, 0.29) is 17.3 Å². The molecule has 4 rings (SSSR count). The summed E-state index contributed by atoms with van der Waals surface area (Å²) < 4.78 is 38.3. The fraction of sp³-hybridized carbons (Fsp3) is 0.125. The molecule has 0 saturated carbocycles. The van der Waals surface area contributed by atoms with Gasteiger partial charge in [0.15, 0.2) is 22.4 Å². The van der Waals surface area contributed by atoms with Crippen LogP contribution in [0.5, 0.6) is 11.5 Å². The van der Waals surface area contributed by atoms with Crippen LogP contribution in [-0.2, 0) is 4.79 Å². The van der Waals surface area contributed by atoms with Crippen LogP contribution in [0, 0.1) is 11.6 Å². The van der Waals surface area contributed by atoms with E-state index < -0.39 is 23.6 Å². The molecule has 2 heterocycles. The van der Waals surface area contributed by atoms with Crippen LogP contribution >= 0.6 is 11.3 Å². The number of fused-ring (bicyclic) bond motifs is 2.